The van der Waals surface area contributed by atoms with E-state index in [1.54, 1.807) is 9.13 Å². The predicted molar refractivity (Wildman–Crippen MR) is 575 cm³/mol. The highest BCUT2D eigenvalue weighted by Gasteiger charge is 2.46. The minimum absolute atomic E-state index is 0.0624. The Hall–Kier alpha value is -14.6. The van der Waals surface area contributed by atoms with Crippen molar-refractivity contribution in [2.24, 2.45) is 0 Å². The van der Waals surface area contributed by atoms with Gasteiger partial charge in [-0.3, -0.25) is 0 Å². The van der Waals surface area contributed by atoms with Crippen LogP contribution in [0.3, 0.4) is 0 Å². The van der Waals surface area contributed by atoms with Gasteiger partial charge in [-0.2, -0.15) is 0 Å². The Morgan fingerprint density at radius 3 is 1.01 bits per heavy atom. The molecule has 654 valence electrons. The van der Waals surface area contributed by atoms with Gasteiger partial charge in [0.25, 0.3) is 6.71 Å². The molecule has 5 aromatic heterocycles. The molecule has 0 atom stereocenters. The van der Waals surface area contributed by atoms with Gasteiger partial charge in [-0.25, -0.2) is 0 Å². The van der Waals surface area contributed by atoms with Crippen molar-refractivity contribution in [1.29, 1.82) is 0 Å². The standard InChI is InChI=1S/C126H112BN7/c1-121(2,3)81-51-49-77(50-52-81)79-65-80(78-33-30-34-82(66-78)122(4,5)6)68-90(67-79)131-114-73-88(128-108-61-53-83(123(7,8)9)69-98(108)99-70-84(124(10,11)12)54-62-109(99)128)57-59-102(114)127-103-60-58-89(129-110-63-55-85(125(13,14)15)71-100(110)101-72-86(126(16,17)18)56-64-111(101)129)74-115(103)134(117-76-91(75-116(131)118(117)127)130-104-43-26-22-37-92(104)93-38-23-27-44-105(93)130)113-48-32-42-97-96-41-31-47-112(119(96)132(120(97)113)87-35-20-19-21-36-87)133-106-45-28-24-39-94(106)95-40-25-29-46-107(95)133/h19-76H,1-18H3/i22D,23D,24D,25D,26D,27D,28D,29D,37D,38D,39D,40D,43D,44D,45D,46D. The summed E-state index contributed by atoms with van der Waals surface area (Å²) in [6.45, 7) is 39.5. The minimum Gasteiger partial charge on any atom is -0.311 e. The number of rotatable bonds is 9. The van der Waals surface area contributed by atoms with E-state index in [0.29, 0.717) is 55.9 Å². The molecule has 0 saturated heterocycles. The largest absolute Gasteiger partial charge is 0.311 e. The molecular formula is C126H112BN7. The molecule has 0 spiro atoms. The van der Waals surface area contributed by atoms with E-state index in [9.17, 15) is 21.9 Å². The fraction of sp³-hybridized carbons (Fsp3) is 0.190. The molecule has 0 radical (unpaired) electrons. The van der Waals surface area contributed by atoms with Crippen molar-refractivity contribution in [2.45, 2.75) is 157 Å². The zero-order valence-corrected chi connectivity index (χ0v) is 79.0. The van der Waals surface area contributed by atoms with E-state index in [4.69, 9.17) is 0 Å². The Labute approximate surface area is 809 Å². The molecule has 0 fully saturated rings. The lowest BCUT2D eigenvalue weighted by Gasteiger charge is -2.45. The van der Waals surface area contributed by atoms with E-state index >= 15 is 0 Å². The van der Waals surface area contributed by atoms with E-state index < -0.39 is 103 Å². The molecule has 7 nitrogen and oxygen atoms in total. The molecule has 2 aliphatic heterocycles. The number of anilines is 6. The molecule has 24 rings (SSSR count). The Morgan fingerprint density at radius 2 is 0.567 bits per heavy atom. The van der Waals surface area contributed by atoms with Crippen LogP contribution >= 0.6 is 0 Å². The minimum atomic E-state index is -0.738. The molecular weight excluding hydrogens is 1620 g/mol. The van der Waals surface area contributed by atoms with Crippen LogP contribution in [-0.4, -0.2) is 29.5 Å². The Kier molecular flexibility index (Phi) is 14.7. The van der Waals surface area contributed by atoms with E-state index in [2.05, 4.69) is 342 Å². The number of nitrogens with zero attached hydrogens (tertiary/aromatic N) is 7. The quantitative estimate of drug-likeness (QED) is 0.135. The monoisotopic (exact) mass is 1750 g/mol. The first-order valence-corrected chi connectivity index (χ1v) is 46.7. The van der Waals surface area contributed by atoms with Gasteiger partial charge in [0.2, 0.25) is 0 Å². The SMILES string of the molecule is [2H]c1c([2H])c([2H])c2c(c1[2H])c1c([2H])c([2H])c([2H])c([2H])c1n2-c1cc2c3c(c1)N(c1cccc4c5cccc(-n6c7c([2H])c([2H])c([2H])c([2H])c7c7c([2H])c([2H])c([2H])c([2H])c76)c5n(-c5ccccc5)c14)c1cc(-n4c5ccc(C(C)(C)C)cc5c5cc(C(C)(C)C)ccc54)ccc1B3c1ccc(-n3c4ccc(C(C)(C)C)cc4c4cc(C(C)(C)C)ccc43)cc1N2c1cc(-c2ccc(C(C)(C)C)cc2)cc(-c2cccc(C(C)(C)C)c2)c1. The van der Waals surface area contributed by atoms with E-state index in [-0.39, 0.29) is 81.8 Å². The molecule has 7 heterocycles. The number of aromatic nitrogens is 5. The molecule has 8 heteroatoms. The van der Waals surface area contributed by atoms with Crippen LogP contribution in [0.2, 0.25) is 0 Å². The van der Waals surface area contributed by atoms with Crippen molar-refractivity contribution in [3.05, 3.63) is 385 Å². The highest BCUT2D eigenvalue weighted by atomic mass is 15.2. The summed E-state index contributed by atoms with van der Waals surface area (Å²) in [5, 5.41) is 5.26. The predicted octanol–water partition coefficient (Wildman–Crippen LogP) is 32.4. The maximum absolute atomic E-state index is 10.5. The van der Waals surface area contributed by atoms with Crippen molar-refractivity contribution in [3.63, 3.8) is 0 Å². The Balaban J connectivity index is 0.918. The highest BCUT2D eigenvalue weighted by Crippen LogP contribution is 2.54. The number of fused-ring (bicyclic) bond motifs is 19. The van der Waals surface area contributed by atoms with Gasteiger partial charge in [0.15, 0.2) is 0 Å². The van der Waals surface area contributed by atoms with Crippen LogP contribution in [-0.2, 0) is 32.5 Å². The lowest BCUT2D eigenvalue weighted by Crippen LogP contribution is -2.61. The number of para-hydroxylation sites is 7. The third-order valence-corrected chi connectivity index (χ3v) is 28.4. The average Bonchev–Trinajstić information content (AvgIpc) is 1.62. The van der Waals surface area contributed by atoms with Crippen molar-refractivity contribution < 1.29 is 21.9 Å². The third-order valence-electron chi connectivity index (χ3n) is 28.4. The second-order valence-electron chi connectivity index (χ2n) is 43.1. The number of benzene rings is 17. The van der Waals surface area contributed by atoms with Crippen molar-refractivity contribution in [1.82, 2.24) is 22.8 Å². The second-order valence-corrected chi connectivity index (χ2v) is 43.1. The zero-order valence-electron chi connectivity index (χ0n) is 95.0. The van der Waals surface area contributed by atoms with Gasteiger partial charge >= 0.3 is 0 Å². The lowest BCUT2D eigenvalue weighted by molar-refractivity contribution is 0.590. The van der Waals surface area contributed by atoms with Crippen LogP contribution in [0.1, 0.15) is 180 Å². The van der Waals surface area contributed by atoms with Gasteiger partial charge in [-0.15, -0.1) is 0 Å². The first kappa shape index (κ1) is 66.7. The van der Waals surface area contributed by atoms with Crippen LogP contribution in [0.5, 0.6) is 0 Å². The summed E-state index contributed by atoms with van der Waals surface area (Å²) >= 11 is 0. The van der Waals surface area contributed by atoms with Crippen LogP contribution in [0.25, 0.3) is 160 Å². The fourth-order valence-electron chi connectivity index (χ4n) is 21.4. The first-order valence-electron chi connectivity index (χ1n) is 54.7. The molecule has 0 aliphatic carbocycles. The Bertz CT molecular complexity index is 9440. The maximum atomic E-state index is 10.5. The van der Waals surface area contributed by atoms with Crippen LogP contribution in [0.4, 0.5) is 34.1 Å². The zero-order chi connectivity index (χ0) is 106. The molecule has 22 aromatic rings. The van der Waals surface area contributed by atoms with Gasteiger partial charge in [0.05, 0.1) is 94.2 Å². The van der Waals surface area contributed by atoms with Gasteiger partial charge in [0.1, 0.15) is 0 Å². The van der Waals surface area contributed by atoms with Gasteiger partial charge in [0, 0.05) is 99.4 Å². The molecule has 2 aliphatic rings. The third kappa shape index (κ3) is 12.9. The highest BCUT2D eigenvalue weighted by molar-refractivity contribution is 7.00. The summed E-state index contributed by atoms with van der Waals surface area (Å²) in [4.78, 5) is 4.66. The summed E-state index contributed by atoms with van der Waals surface area (Å²) in [6, 6.07) is 82.9. The summed E-state index contributed by atoms with van der Waals surface area (Å²) in [7, 11) is 0. The fourth-order valence-corrected chi connectivity index (χ4v) is 21.4. The summed E-state index contributed by atoms with van der Waals surface area (Å²) in [6.07, 6.45) is 0. The molecule has 0 amide bonds. The van der Waals surface area contributed by atoms with Crippen LogP contribution in [0, 0.1) is 0 Å². The number of hydrogen-bond acceptors (Lipinski definition) is 2. The molecule has 0 N–H and O–H groups in total. The smallest absolute Gasteiger partial charge is 0.252 e. The average molecular weight is 1750 g/mol. The molecule has 0 unspecified atom stereocenters. The van der Waals surface area contributed by atoms with E-state index in [1.165, 1.54) is 11.1 Å². The van der Waals surface area contributed by atoms with Crippen LogP contribution in [0.15, 0.2) is 351 Å². The maximum Gasteiger partial charge on any atom is 0.252 e. The summed E-state index contributed by atoms with van der Waals surface area (Å²) in [5.41, 5.74) is 23.2. The van der Waals surface area contributed by atoms with Crippen molar-refractivity contribution >= 4 is 166 Å². The summed E-state index contributed by atoms with van der Waals surface area (Å²) in [5.74, 6) is 0. The Morgan fingerprint density at radius 1 is 0.201 bits per heavy atom. The first-order chi connectivity index (χ1) is 70.9. The molecule has 0 saturated carbocycles. The van der Waals surface area contributed by atoms with E-state index in [0.717, 1.165) is 127 Å². The topological polar surface area (TPSA) is 31.1 Å². The second kappa shape index (κ2) is 29.5. The summed E-state index contributed by atoms with van der Waals surface area (Å²) < 4.78 is 167. The number of hydrogen-bond donors (Lipinski definition) is 0. The van der Waals surface area contributed by atoms with Crippen molar-refractivity contribution in [2.75, 3.05) is 9.80 Å². The normalized spacial score (nSPS) is 15.1. The van der Waals surface area contributed by atoms with Gasteiger partial charge in [-0.05, 0) is 256 Å². The van der Waals surface area contributed by atoms with Crippen LogP contribution < -0.4 is 26.2 Å². The molecule has 0 bridgehead atoms. The molecule has 17 aromatic carbocycles. The van der Waals surface area contributed by atoms with E-state index in [1.807, 2.05) is 60.7 Å². The lowest BCUT2D eigenvalue weighted by atomic mass is 9.33. The van der Waals surface area contributed by atoms with Gasteiger partial charge < -0.3 is 32.6 Å². The van der Waals surface area contributed by atoms with Crippen molar-refractivity contribution in [3.8, 4) is 50.7 Å². The molecule has 134 heavy (non-hydrogen) atoms. The van der Waals surface area contributed by atoms with Gasteiger partial charge in [-0.1, -0.05) is 325 Å².